The van der Waals surface area contributed by atoms with Crippen molar-refractivity contribution in [3.05, 3.63) is 157 Å². The fraction of sp³-hybridized carbons (Fsp3) is 0.132. The zero-order valence-corrected chi connectivity index (χ0v) is 26.3. The van der Waals surface area contributed by atoms with E-state index in [9.17, 15) is 9.59 Å². The minimum absolute atomic E-state index is 0.106. The zero-order chi connectivity index (χ0) is 31.9. The van der Waals surface area contributed by atoms with Crippen molar-refractivity contribution in [3.8, 4) is 11.5 Å². The Bertz CT molecular complexity index is 2370. The van der Waals surface area contributed by atoms with Gasteiger partial charge in [-0.05, 0) is 42.3 Å². The van der Waals surface area contributed by atoms with Gasteiger partial charge in [0.2, 0.25) is 6.79 Å². The van der Waals surface area contributed by atoms with Crippen molar-refractivity contribution in [1.82, 2.24) is 9.13 Å². The quantitative estimate of drug-likeness (QED) is 0.210. The lowest BCUT2D eigenvalue weighted by molar-refractivity contribution is -0.138. The molecule has 47 heavy (non-hydrogen) atoms. The largest absolute Gasteiger partial charge is 0.463 e. The Morgan fingerprint density at radius 1 is 0.957 bits per heavy atom. The number of nitrogens with zero attached hydrogens (tertiary/aromatic N) is 3. The first-order valence-electron chi connectivity index (χ1n) is 15.4. The van der Waals surface area contributed by atoms with E-state index in [1.807, 2.05) is 78.9 Å². The molecule has 4 heterocycles. The number of rotatable bonds is 7. The first kappa shape index (κ1) is 28.8. The van der Waals surface area contributed by atoms with Crippen LogP contribution in [0.2, 0.25) is 0 Å². The van der Waals surface area contributed by atoms with Gasteiger partial charge >= 0.3 is 5.97 Å². The Balaban J connectivity index is 1.35. The van der Waals surface area contributed by atoms with E-state index < -0.39 is 12.0 Å². The summed E-state index contributed by atoms with van der Waals surface area (Å²) in [6.07, 6.45) is 4.02. The summed E-state index contributed by atoms with van der Waals surface area (Å²) in [7, 11) is 0. The van der Waals surface area contributed by atoms with E-state index >= 15 is 0 Å². The zero-order valence-electron chi connectivity index (χ0n) is 25.5. The molecule has 2 aliphatic rings. The van der Waals surface area contributed by atoms with Crippen LogP contribution in [0.15, 0.2) is 125 Å². The van der Waals surface area contributed by atoms with E-state index in [1.165, 1.54) is 16.9 Å². The number of aromatic nitrogens is 2. The normalized spacial score (nSPS) is 15.5. The number of thiazole rings is 1. The van der Waals surface area contributed by atoms with Gasteiger partial charge in [0.1, 0.15) is 0 Å². The third-order valence-corrected chi connectivity index (χ3v) is 9.37. The van der Waals surface area contributed by atoms with Crippen LogP contribution in [0.1, 0.15) is 35.2 Å². The minimum Gasteiger partial charge on any atom is -0.463 e. The molecule has 0 radical (unpaired) electrons. The van der Waals surface area contributed by atoms with Gasteiger partial charge in [0, 0.05) is 34.8 Å². The maximum atomic E-state index is 14.5. The van der Waals surface area contributed by atoms with Crippen LogP contribution >= 0.6 is 11.3 Å². The monoisotopic (exact) mass is 639 g/mol. The fourth-order valence-corrected chi connectivity index (χ4v) is 7.27. The highest BCUT2D eigenvalue weighted by Crippen LogP contribution is 2.40. The van der Waals surface area contributed by atoms with Crippen molar-refractivity contribution < 1.29 is 19.0 Å². The smallest absolute Gasteiger partial charge is 0.338 e. The van der Waals surface area contributed by atoms with Crippen LogP contribution in [0.4, 0.5) is 0 Å². The van der Waals surface area contributed by atoms with Crippen molar-refractivity contribution in [2.24, 2.45) is 4.99 Å². The van der Waals surface area contributed by atoms with Gasteiger partial charge in [-0.15, -0.1) is 0 Å². The SMILES string of the molecule is CCOC(=O)C1=C(c2ccccc2)N=c2s/c(=C\c3cn(Cc4ccccc4)c4ccccc34)c(=O)n2[C@@H]1c1ccc2c(c1)OCO2. The molecule has 9 heteroatoms. The van der Waals surface area contributed by atoms with E-state index in [0.717, 1.165) is 22.0 Å². The standard InChI is InChI=1S/C38H29N3O5S/c1-2-44-37(43)33-34(25-13-7-4-8-14-25)39-38-41(35(33)26-17-18-30-31(19-26)46-23-45-30)36(42)32(47-38)20-27-22-40(21-24-11-5-3-6-12-24)29-16-10-9-15-28(27)29/h3-20,22,35H,2,21,23H2,1H3/b32-20-/t35-/m1/s1. The van der Waals surface area contributed by atoms with Gasteiger partial charge in [-0.1, -0.05) is 96.3 Å². The molecule has 0 N–H and O–H groups in total. The molecule has 0 fully saturated rings. The van der Waals surface area contributed by atoms with Crippen LogP contribution in [0, 0.1) is 0 Å². The topological polar surface area (TPSA) is 84.1 Å². The molecule has 2 aliphatic heterocycles. The van der Waals surface area contributed by atoms with E-state index in [4.69, 9.17) is 19.2 Å². The molecular weight excluding hydrogens is 611 g/mol. The molecule has 0 unspecified atom stereocenters. The van der Waals surface area contributed by atoms with Gasteiger partial charge in [0.15, 0.2) is 16.3 Å². The first-order chi connectivity index (χ1) is 23.1. The molecule has 6 aromatic rings. The number of benzene rings is 4. The number of ether oxygens (including phenoxy) is 3. The van der Waals surface area contributed by atoms with E-state index in [2.05, 4.69) is 35.0 Å². The number of hydrogen-bond donors (Lipinski definition) is 0. The molecule has 0 bridgehead atoms. The summed E-state index contributed by atoms with van der Waals surface area (Å²) in [5.74, 6) is 0.631. The Hall–Kier alpha value is -5.67. The lowest BCUT2D eigenvalue weighted by atomic mass is 9.93. The van der Waals surface area contributed by atoms with Gasteiger partial charge < -0.3 is 18.8 Å². The third-order valence-electron chi connectivity index (χ3n) is 8.39. The number of carbonyl (C=O) groups is 1. The summed E-state index contributed by atoms with van der Waals surface area (Å²) >= 11 is 1.30. The van der Waals surface area contributed by atoms with E-state index in [1.54, 1.807) is 17.6 Å². The maximum Gasteiger partial charge on any atom is 0.338 e. The summed E-state index contributed by atoms with van der Waals surface area (Å²) in [5.41, 5.74) is 5.14. The number of esters is 1. The molecule has 0 aliphatic carbocycles. The van der Waals surface area contributed by atoms with Crippen LogP contribution < -0.4 is 24.4 Å². The molecule has 2 aromatic heterocycles. The summed E-state index contributed by atoms with van der Waals surface area (Å²) in [6, 6.07) is 32.7. The molecular formula is C38H29N3O5S. The molecule has 1 atom stereocenters. The van der Waals surface area contributed by atoms with Gasteiger partial charge in [0.25, 0.3) is 5.56 Å². The fourth-order valence-electron chi connectivity index (χ4n) is 6.28. The maximum absolute atomic E-state index is 14.5. The van der Waals surface area contributed by atoms with Crippen molar-refractivity contribution in [2.75, 3.05) is 13.4 Å². The Morgan fingerprint density at radius 2 is 1.70 bits per heavy atom. The summed E-state index contributed by atoms with van der Waals surface area (Å²) < 4.78 is 21.2. The highest BCUT2D eigenvalue weighted by Gasteiger charge is 2.36. The highest BCUT2D eigenvalue weighted by molar-refractivity contribution is 7.07. The Morgan fingerprint density at radius 3 is 2.51 bits per heavy atom. The second-order valence-electron chi connectivity index (χ2n) is 11.3. The van der Waals surface area contributed by atoms with Crippen LogP contribution in [0.25, 0.3) is 22.7 Å². The van der Waals surface area contributed by atoms with Crippen molar-refractivity contribution in [1.29, 1.82) is 0 Å². The Kier molecular flexibility index (Phi) is 7.30. The number of fused-ring (bicyclic) bond motifs is 3. The molecule has 8 nitrogen and oxygen atoms in total. The van der Waals surface area contributed by atoms with E-state index in [-0.39, 0.29) is 24.5 Å². The van der Waals surface area contributed by atoms with Gasteiger partial charge in [-0.25, -0.2) is 9.79 Å². The Labute approximate surface area is 273 Å². The van der Waals surface area contributed by atoms with Crippen LogP contribution in [-0.4, -0.2) is 28.5 Å². The first-order valence-corrected chi connectivity index (χ1v) is 16.2. The highest BCUT2D eigenvalue weighted by atomic mass is 32.1. The average Bonchev–Trinajstić information content (AvgIpc) is 3.80. The van der Waals surface area contributed by atoms with Gasteiger partial charge in [-0.3, -0.25) is 9.36 Å². The van der Waals surface area contributed by atoms with Gasteiger partial charge in [0.05, 0.1) is 28.5 Å². The lowest BCUT2D eigenvalue weighted by Crippen LogP contribution is -2.40. The molecule has 4 aromatic carbocycles. The number of carbonyl (C=O) groups excluding carboxylic acids is 1. The van der Waals surface area contributed by atoms with Crippen molar-refractivity contribution >= 4 is 40.0 Å². The van der Waals surface area contributed by atoms with Crippen molar-refractivity contribution in [2.45, 2.75) is 19.5 Å². The molecule has 0 saturated carbocycles. The second-order valence-corrected chi connectivity index (χ2v) is 12.3. The van der Waals surface area contributed by atoms with E-state index in [0.29, 0.717) is 38.6 Å². The van der Waals surface area contributed by atoms with Crippen LogP contribution in [0.3, 0.4) is 0 Å². The molecule has 0 amide bonds. The molecule has 0 spiro atoms. The summed E-state index contributed by atoms with van der Waals surface area (Å²) in [4.78, 5) is 33.7. The van der Waals surface area contributed by atoms with Crippen molar-refractivity contribution in [3.63, 3.8) is 0 Å². The lowest BCUT2D eigenvalue weighted by Gasteiger charge is -2.26. The predicted octanol–water partition coefficient (Wildman–Crippen LogP) is 5.67. The molecule has 232 valence electrons. The summed E-state index contributed by atoms with van der Waals surface area (Å²) in [6.45, 7) is 2.74. The van der Waals surface area contributed by atoms with Crippen LogP contribution in [0.5, 0.6) is 11.5 Å². The average molecular weight is 640 g/mol. The third kappa shape index (κ3) is 5.14. The van der Waals surface area contributed by atoms with Crippen LogP contribution in [-0.2, 0) is 16.1 Å². The minimum atomic E-state index is -0.809. The summed E-state index contributed by atoms with van der Waals surface area (Å²) in [5, 5.41) is 1.04. The second kappa shape index (κ2) is 11.9. The molecule has 0 saturated heterocycles. The van der Waals surface area contributed by atoms with Gasteiger partial charge in [-0.2, -0.15) is 0 Å². The molecule has 8 rings (SSSR count). The number of hydrogen-bond acceptors (Lipinski definition) is 7. The predicted molar refractivity (Wildman–Crippen MR) is 181 cm³/mol. The number of para-hydroxylation sites is 1.